The van der Waals surface area contributed by atoms with Gasteiger partial charge in [-0.15, -0.1) is 0 Å². The van der Waals surface area contributed by atoms with E-state index < -0.39 is 0 Å². The van der Waals surface area contributed by atoms with Crippen LogP contribution in [0.2, 0.25) is 0 Å². The number of hydrogen-bond acceptors (Lipinski definition) is 3. The Bertz CT molecular complexity index is 191. The van der Waals surface area contributed by atoms with E-state index in [1.54, 1.807) is 0 Å². The van der Waals surface area contributed by atoms with Crippen LogP contribution in [-0.2, 0) is 14.2 Å². The molecule has 0 amide bonds. The number of rotatable bonds is 2. The normalized spacial score (nSPS) is 37.3. The largest absolute Gasteiger partial charge is 0.381 e. The van der Waals surface area contributed by atoms with Crippen molar-refractivity contribution in [3.05, 3.63) is 0 Å². The van der Waals surface area contributed by atoms with Crippen LogP contribution in [0.1, 0.15) is 33.1 Å². The van der Waals surface area contributed by atoms with Gasteiger partial charge in [0, 0.05) is 13.2 Å². The van der Waals surface area contributed by atoms with Gasteiger partial charge in [0.1, 0.15) is 6.79 Å². The van der Waals surface area contributed by atoms with Crippen LogP contribution in [0.4, 0.5) is 0 Å². The predicted molar refractivity (Wildman–Crippen MR) is 53.1 cm³/mol. The minimum atomic E-state index is -0.0634. The van der Waals surface area contributed by atoms with Crippen molar-refractivity contribution in [1.29, 1.82) is 0 Å². The summed E-state index contributed by atoms with van der Waals surface area (Å²) in [7, 11) is 0. The molecule has 0 aromatic heterocycles. The SMILES string of the molecule is CC1(CC2(C)COCO2)CCOCC1. The maximum absolute atomic E-state index is 5.65. The molecule has 14 heavy (non-hydrogen) atoms. The Morgan fingerprint density at radius 2 is 1.79 bits per heavy atom. The maximum Gasteiger partial charge on any atom is 0.147 e. The summed E-state index contributed by atoms with van der Waals surface area (Å²) in [6.45, 7) is 7.48. The zero-order valence-electron chi connectivity index (χ0n) is 9.17. The Morgan fingerprint density at radius 3 is 2.36 bits per heavy atom. The van der Waals surface area contributed by atoms with Crippen LogP contribution in [0.15, 0.2) is 0 Å². The van der Waals surface area contributed by atoms with Crippen molar-refractivity contribution in [3.8, 4) is 0 Å². The number of hydrogen-bond donors (Lipinski definition) is 0. The fourth-order valence-corrected chi connectivity index (χ4v) is 2.53. The molecule has 0 aromatic rings. The molecular weight excluding hydrogens is 180 g/mol. The highest BCUT2D eigenvalue weighted by molar-refractivity contribution is 4.88. The van der Waals surface area contributed by atoms with Gasteiger partial charge in [-0.3, -0.25) is 0 Å². The standard InChI is InChI=1S/C11H20O3/c1-10(3-5-12-6-4-10)7-11(2)8-13-9-14-11/h3-9H2,1-2H3. The van der Waals surface area contributed by atoms with E-state index >= 15 is 0 Å². The second kappa shape index (κ2) is 3.80. The van der Waals surface area contributed by atoms with E-state index in [1.165, 1.54) is 0 Å². The third kappa shape index (κ3) is 2.27. The van der Waals surface area contributed by atoms with Gasteiger partial charge in [0.05, 0.1) is 12.2 Å². The third-order valence-corrected chi connectivity index (χ3v) is 3.40. The highest BCUT2D eigenvalue weighted by atomic mass is 16.7. The Balaban J connectivity index is 1.94. The van der Waals surface area contributed by atoms with E-state index in [-0.39, 0.29) is 5.60 Å². The van der Waals surface area contributed by atoms with Gasteiger partial charge in [0.2, 0.25) is 0 Å². The molecule has 3 heteroatoms. The summed E-state index contributed by atoms with van der Waals surface area (Å²) in [5, 5.41) is 0. The van der Waals surface area contributed by atoms with Crippen molar-refractivity contribution in [2.45, 2.75) is 38.7 Å². The molecular formula is C11H20O3. The fourth-order valence-electron chi connectivity index (χ4n) is 2.53. The zero-order valence-corrected chi connectivity index (χ0v) is 9.17. The summed E-state index contributed by atoms with van der Waals surface area (Å²) in [4.78, 5) is 0. The first-order valence-corrected chi connectivity index (χ1v) is 5.42. The summed E-state index contributed by atoms with van der Waals surface area (Å²) in [5.74, 6) is 0. The smallest absolute Gasteiger partial charge is 0.147 e. The van der Waals surface area contributed by atoms with Crippen LogP contribution in [0.3, 0.4) is 0 Å². The van der Waals surface area contributed by atoms with Gasteiger partial charge in [-0.05, 0) is 31.6 Å². The van der Waals surface area contributed by atoms with E-state index in [0.29, 0.717) is 12.2 Å². The van der Waals surface area contributed by atoms with Crippen molar-refractivity contribution in [1.82, 2.24) is 0 Å². The monoisotopic (exact) mass is 200 g/mol. The lowest BCUT2D eigenvalue weighted by Gasteiger charge is -2.38. The molecule has 0 N–H and O–H groups in total. The van der Waals surface area contributed by atoms with Gasteiger partial charge < -0.3 is 14.2 Å². The molecule has 3 nitrogen and oxygen atoms in total. The lowest BCUT2D eigenvalue weighted by Crippen LogP contribution is -2.38. The second-order valence-corrected chi connectivity index (χ2v) is 5.16. The molecule has 0 bridgehead atoms. The van der Waals surface area contributed by atoms with Crippen LogP contribution >= 0.6 is 0 Å². The van der Waals surface area contributed by atoms with Crippen molar-refractivity contribution in [3.63, 3.8) is 0 Å². The topological polar surface area (TPSA) is 27.7 Å². The molecule has 2 heterocycles. The quantitative estimate of drug-likeness (QED) is 0.682. The minimum absolute atomic E-state index is 0.0634. The first kappa shape index (κ1) is 10.4. The highest BCUT2D eigenvalue weighted by Gasteiger charge is 2.39. The molecule has 0 saturated carbocycles. The predicted octanol–water partition coefficient (Wildman–Crippen LogP) is 1.96. The maximum atomic E-state index is 5.65. The first-order chi connectivity index (χ1) is 6.62. The number of ether oxygens (including phenoxy) is 3. The molecule has 82 valence electrons. The third-order valence-electron chi connectivity index (χ3n) is 3.40. The molecule has 2 rings (SSSR count). The summed E-state index contributed by atoms with van der Waals surface area (Å²) in [6, 6.07) is 0. The molecule has 0 aliphatic carbocycles. The molecule has 2 aliphatic heterocycles. The van der Waals surface area contributed by atoms with E-state index in [2.05, 4.69) is 13.8 Å². The Hall–Kier alpha value is -0.120. The van der Waals surface area contributed by atoms with Crippen LogP contribution < -0.4 is 0 Å². The molecule has 0 spiro atoms. The highest BCUT2D eigenvalue weighted by Crippen LogP contribution is 2.40. The van der Waals surface area contributed by atoms with Crippen LogP contribution in [0.5, 0.6) is 0 Å². The van der Waals surface area contributed by atoms with Gasteiger partial charge >= 0.3 is 0 Å². The molecule has 1 atom stereocenters. The van der Waals surface area contributed by atoms with Gasteiger partial charge in [-0.2, -0.15) is 0 Å². The summed E-state index contributed by atoms with van der Waals surface area (Å²) >= 11 is 0. The van der Waals surface area contributed by atoms with Crippen molar-refractivity contribution < 1.29 is 14.2 Å². The molecule has 2 fully saturated rings. The lowest BCUT2D eigenvalue weighted by atomic mass is 9.74. The van der Waals surface area contributed by atoms with Gasteiger partial charge in [0.25, 0.3) is 0 Å². The average molecular weight is 200 g/mol. The Kier molecular flexibility index (Phi) is 2.82. The van der Waals surface area contributed by atoms with E-state index in [1.807, 2.05) is 0 Å². The van der Waals surface area contributed by atoms with E-state index in [0.717, 1.165) is 39.1 Å². The van der Waals surface area contributed by atoms with Crippen molar-refractivity contribution >= 4 is 0 Å². The van der Waals surface area contributed by atoms with Crippen molar-refractivity contribution in [2.24, 2.45) is 5.41 Å². The Labute approximate surface area is 85.7 Å². The van der Waals surface area contributed by atoms with Gasteiger partial charge in [-0.25, -0.2) is 0 Å². The Morgan fingerprint density at radius 1 is 1.07 bits per heavy atom. The summed E-state index contributed by atoms with van der Waals surface area (Å²) in [6.07, 6.45) is 3.38. The van der Waals surface area contributed by atoms with Crippen molar-refractivity contribution in [2.75, 3.05) is 26.6 Å². The zero-order chi connectivity index (χ0) is 10.1. The van der Waals surface area contributed by atoms with Crippen LogP contribution in [0, 0.1) is 5.41 Å². The molecule has 0 aromatic carbocycles. The van der Waals surface area contributed by atoms with E-state index in [4.69, 9.17) is 14.2 Å². The molecule has 1 unspecified atom stereocenters. The van der Waals surface area contributed by atoms with Gasteiger partial charge in [-0.1, -0.05) is 6.92 Å². The molecule has 0 radical (unpaired) electrons. The lowest BCUT2D eigenvalue weighted by molar-refractivity contribution is -0.0526. The van der Waals surface area contributed by atoms with Crippen LogP contribution in [0.25, 0.3) is 0 Å². The molecule has 2 saturated heterocycles. The minimum Gasteiger partial charge on any atom is -0.381 e. The van der Waals surface area contributed by atoms with Crippen LogP contribution in [-0.4, -0.2) is 32.2 Å². The summed E-state index contributed by atoms with van der Waals surface area (Å²) < 4.78 is 16.3. The molecule has 2 aliphatic rings. The average Bonchev–Trinajstić information content (AvgIpc) is 2.52. The van der Waals surface area contributed by atoms with E-state index in [9.17, 15) is 0 Å². The summed E-state index contributed by atoms with van der Waals surface area (Å²) in [5.41, 5.74) is 0.312. The fraction of sp³-hybridized carbons (Fsp3) is 1.00. The first-order valence-electron chi connectivity index (χ1n) is 5.42. The van der Waals surface area contributed by atoms with Gasteiger partial charge in [0.15, 0.2) is 0 Å². The second-order valence-electron chi connectivity index (χ2n) is 5.16.